The van der Waals surface area contributed by atoms with E-state index >= 15 is 0 Å². The second-order valence-electron chi connectivity index (χ2n) is 5.50. The van der Waals surface area contributed by atoms with Crippen molar-refractivity contribution >= 4 is 15.9 Å². The molecule has 0 bridgehead atoms. The summed E-state index contributed by atoms with van der Waals surface area (Å²) in [5, 5.41) is 1.15. The fourth-order valence-corrected chi connectivity index (χ4v) is 3.72. The lowest BCUT2D eigenvalue weighted by molar-refractivity contribution is 0.196. The Labute approximate surface area is 113 Å². The smallest absolute Gasteiger partial charge is 0.0230 e. The maximum atomic E-state index is 3.72. The summed E-state index contributed by atoms with van der Waals surface area (Å²) in [6, 6.07) is 10.8. The average molecular weight is 296 g/mol. The fraction of sp³-hybridized carbons (Fsp3) is 0.600. The highest BCUT2D eigenvalue weighted by Crippen LogP contribution is 2.40. The Morgan fingerprint density at radius 2 is 1.82 bits per heavy atom. The maximum absolute atomic E-state index is 3.72. The summed E-state index contributed by atoms with van der Waals surface area (Å²) in [4.78, 5) is 2.47. The van der Waals surface area contributed by atoms with Crippen molar-refractivity contribution in [3.8, 4) is 0 Å². The highest BCUT2D eigenvalue weighted by Gasteiger charge is 2.33. The first-order valence-corrected chi connectivity index (χ1v) is 7.65. The van der Waals surface area contributed by atoms with E-state index in [1.54, 1.807) is 0 Å². The molecule has 1 aliphatic carbocycles. The van der Waals surface area contributed by atoms with E-state index in [4.69, 9.17) is 0 Å². The van der Waals surface area contributed by atoms with Gasteiger partial charge in [-0.2, -0.15) is 0 Å². The van der Waals surface area contributed by atoms with Crippen LogP contribution in [-0.4, -0.2) is 23.8 Å². The zero-order valence-electron chi connectivity index (χ0n) is 10.7. The summed E-state index contributed by atoms with van der Waals surface area (Å²) in [5.74, 6) is 0. The molecule has 1 saturated carbocycles. The van der Waals surface area contributed by atoms with Crippen molar-refractivity contribution in [2.24, 2.45) is 5.41 Å². The van der Waals surface area contributed by atoms with Crippen molar-refractivity contribution in [2.45, 2.75) is 32.2 Å². The molecule has 0 N–H and O–H groups in total. The Kier molecular flexibility index (Phi) is 4.63. The van der Waals surface area contributed by atoms with Crippen molar-refractivity contribution in [2.75, 3.05) is 18.9 Å². The van der Waals surface area contributed by atoms with Crippen LogP contribution in [0.1, 0.15) is 31.2 Å². The molecule has 1 aromatic rings. The van der Waals surface area contributed by atoms with Crippen LogP contribution in [0.15, 0.2) is 30.3 Å². The molecular weight excluding hydrogens is 274 g/mol. The highest BCUT2D eigenvalue weighted by atomic mass is 79.9. The summed E-state index contributed by atoms with van der Waals surface area (Å²) in [6.07, 6.45) is 5.59. The summed E-state index contributed by atoms with van der Waals surface area (Å²) < 4.78 is 0. The van der Waals surface area contributed by atoms with E-state index < -0.39 is 0 Å². The van der Waals surface area contributed by atoms with Crippen LogP contribution in [-0.2, 0) is 6.54 Å². The molecule has 0 aromatic heterocycles. The lowest BCUT2D eigenvalue weighted by Crippen LogP contribution is -2.34. The molecule has 0 atom stereocenters. The number of hydrogen-bond donors (Lipinski definition) is 0. The van der Waals surface area contributed by atoms with Crippen LogP contribution in [0.4, 0.5) is 0 Å². The van der Waals surface area contributed by atoms with Gasteiger partial charge in [0.25, 0.3) is 0 Å². The van der Waals surface area contributed by atoms with Gasteiger partial charge in [0.2, 0.25) is 0 Å². The van der Waals surface area contributed by atoms with E-state index in [0.29, 0.717) is 5.41 Å². The Bertz CT molecular complexity index is 330. The van der Waals surface area contributed by atoms with Crippen molar-refractivity contribution in [3.63, 3.8) is 0 Å². The molecule has 1 fully saturated rings. The van der Waals surface area contributed by atoms with E-state index in [2.05, 4.69) is 58.2 Å². The van der Waals surface area contributed by atoms with Crippen LogP contribution in [0.5, 0.6) is 0 Å². The van der Waals surface area contributed by atoms with Gasteiger partial charge in [-0.1, -0.05) is 59.1 Å². The molecule has 1 aromatic carbocycles. The van der Waals surface area contributed by atoms with Gasteiger partial charge in [0, 0.05) is 18.4 Å². The minimum absolute atomic E-state index is 0.531. The first-order valence-electron chi connectivity index (χ1n) is 6.53. The van der Waals surface area contributed by atoms with Crippen LogP contribution in [0, 0.1) is 5.41 Å². The second kappa shape index (κ2) is 6.01. The fourth-order valence-electron chi connectivity index (χ4n) is 2.98. The Hall–Kier alpha value is -0.340. The first-order chi connectivity index (χ1) is 8.24. The molecule has 0 aliphatic heterocycles. The summed E-state index contributed by atoms with van der Waals surface area (Å²) in [7, 11) is 2.25. The molecule has 0 heterocycles. The zero-order chi connectivity index (χ0) is 12.1. The topological polar surface area (TPSA) is 3.24 Å². The van der Waals surface area contributed by atoms with E-state index in [1.807, 2.05) is 0 Å². The predicted octanol–water partition coefficient (Wildman–Crippen LogP) is 4.07. The number of nitrogens with zero attached hydrogens (tertiary/aromatic N) is 1. The van der Waals surface area contributed by atoms with Crippen molar-refractivity contribution in [1.82, 2.24) is 4.90 Å². The Balaban J connectivity index is 1.90. The molecule has 0 radical (unpaired) electrons. The van der Waals surface area contributed by atoms with E-state index in [-0.39, 0.29) is 0 Å². The standard InChI is InChI=1S/C15H22BrN/c1-17(11-14-7-3-2-4-8-14)13-15(12-16)9-5-6-10-15/h2-4,7-8H,5-6,9-13H2,1H3. The normalized spacial score (nSPS) is 18.8. The molecule has 94 valence electrons. The highest BCUT2D eigenvalue weighted by molar-refractivity contribution is 9.09. The average Bonchev–Trinajstić information content (AvgIpc) is 2.79. The second-order valence-corrected chi connectivity index (χ2v) is 6.06. The van der Waals surface area contributed by atoms with Crippen LogP contribution in [0.25, 0.3) is 0 Å². The summed E-state index contributed by atoms with van der Waals surface area (Å²) in [5.41, 5.74) is 1.95. The molecule has 0 spiro atoms. The van der Waals surface area contributed by atoms with Gasteiger partial charge in [-0.25, -0.2) is 0 Å². The number of hydrogen-bond acceptors (Lipinski definition) is 1. The van der Waals surface area contributed by atoms with E-state index in [1.165, 1.54) is 37.8 Å². The van der Waals surface area contributed by atoms with Crippen LogP contribution >= 0.6 is 15.9 Å². The lowest BCUT2D eigenvalue weighted by atomic mass is 9.88. The maximum Gasteiger partial charge on any atom is 0.0230 e. The molecule has 0 unspecified atom stereocenters. The van der Waals surface area contributed by atoms with Gasteiger partial charge in [0.15, 0.2) is 0 Å². The molecule has 17 heavy (non-hydrogen) atoms. The molecule has 0 amide bonds. The third kappa shape index (κ3) is 3.56. The largest absolute Gasteiger partial charge is 0.302 e. The van der Waals surface area contributed by atoms with Crippen LogP contribution in [0.2, 0.25) is 0 Å². The Morgan fingerprint density at radius 1 is 1.18 bits per heavy atom. The Morgan fingerprint density at radius 3 is 2.41 bits per heavy atom. The molecule has 2 rings (SSSR count). The third-order valence-electron chi connectivity index (χ3n) is 3.85. The van der Waals surface area contributed by atoms with Gasteiger partial charge < -0.3 is 4.90 Å². The number of halogens is 1. The van der Waals surface area contributed by atoms with Crippen LogP contribution in [0.3, 0.4) is 0 Å². The van der Waals surface area contributed by atoms with Gasteiger partial charge in [0.05, 0.1) is 0 Å². The van der Waals surface area contributed by atoms with Crippen molar-refractivity contribution in [1.29, 1.82) is 0 Å². The van der Waals surface area contributed by atoms with Gasteiger partial charge in [0.1, 0.15) is 0 Å². The minimum Gasteiger partial charge on any atom is -0.302 e. The van der Waals surface area contributed by atoms with Crippen molar-refractivity contribution < 1.29 is 0 Å². The first kappa shape index (κ1) is 13.1. The zero-order valence-corrected chi connectivity index (χ0v) is 12.2. The molecular formula is C15H22BrN. The van der Waals surface area contributed by atoms with Crippen LogP contribution < -0.4 is 0 Å². The lowest BCUT2D eigenvalue weighted by Gasteiger charge is -2.32. The van der Waals surface area contributed by atoms with Gasteiger partial charge in [-0.15, -0.1) is 0 Å². The van der Waals surface area contributed by atoms with Gasteiger partial charge >= 0.3 is 0 Å². The minimum atomic E-state index is 0.531. The molecule has 1 nitrogen and oxygen atoms in total. The monoisotopic (exact) mass is 295 g/mol. The van der Waals surface area contributed by atoms with E-state index in [9.17, 15) is 0 Å². The molecule has 2 heteroatoms. The van der Waals surface area contributed by atoms with E-state index in [0.717, 1.165) is 11.9 Å². The van der Waals surface area contributed by atoms with Gasteiger partial charge in [-0.05, 0) is 30.9 Å². The number of rotatable bonds is 5. The van der Waals surface area contributed by atoms with Crippen molar-refractivity contribution in [3.05, 3.63) is 35.9 Å². The summed E-state index contributed by atoms with van der Waals surface area (Å²) >= 11 is 3.72. The quantitative estimate of drug-likeness (QED) is 0.740. The predicted molar refractivity (Wildman–Crippen MR) is 77.5 cm³/mol. The number of benzene rings is 1. The number of alkyl halides is 1. The molecule has 0 saturated heterocycles. The third-order valence-corrected chi connectivity index (χ3v) is 5.04. The SMILES string of the molecule is CN(Cc1ccccc1)CC1(CBr)CCCC1. The van der Waals surface area contributed by atoms with Gasteiger partial charge in [-0.3, -0.25) is 0 Å². The summed E-state index contributed by atoms with van der Waals surface area (Å²) in [6.45, 7) is 2.28. The molecule has 1 aliphatic rings.